The molecular formula is C16H16N2O2. The van der Waals surface area contributed by atoms with Crippen molar-refractivity contribution >= 4 is 27.8 Å². The molecular weight excluding hydrogens is 252 g/mol. The highest BCUT2D eigenvalue weighted by atomic mass is 16.5. The molecule has 0 spiro atoms. The topological polar surface area (TPSA) is 55.0 Å². The third kappa shape index (κ3) is 1.93. The largest absolute Gasteiger partial charge is 0.461 e. The molecule has 0 saturated heterocycles. The summed E-state index contributed by atoms with van der Waals surface area (Å²) in [6, 6.07) is 7.92. The molecule has 0 aliphatic rings. The van der Waals surface area contributed by atoms with E-state index in [9.17, 15) is 4.79 Å². The molecule has 0 aliphatic heterocycles. The summed E-state index contributed by atoms with van der Waals surface area (Å²) < 4.78 is 5.01. The number of hydrogen-bond acceptors (Lipinski definition) is 3. The van der Waals surface area contributed by atoms with Crippen LogP contribution in [-0.4, -0.2) is 22.5 Å². The van der Waals surface area contributed by atoms with Crippen LogP contribution in [-0.2, 0) is 4.74 Å². The lowest BCUT2D eigenvalue weighted by molar-refractivity contribution is 0.0520. The van der Waals surface area contributed by atoms with Gasteiger partial charge in [-0.2, -0.15) is 0 Å². The number of aryl methyl sites for hydroxylation is 2. The molecule has 4 nitrogen and oxygen atoms in total. The van der Waals surface area contributed by atoms with Crippen molar-refractivity contribution in [2.45, 2.75) is 20.8 Å². The van der Waals surface area contributed by atoms with E-state index in [4.69, 9.17) is 4.74 Å². The first-order chi connectivity index (χ1) is 9.60. The van der Waals surface area contributed by atoms with Crippen molar-refractivity contribution in [3.63, 3.8) is 0 Å². The Hall–Kier alpha value is -2.36. The number of pyridine rings is 1. The predicted octanol–water partition coefficient (Wildman–Crippen LogP) is 3.51. The van der Waals surface area contributed by atoms with Gasteiger partial charge in [0, 0.05) is 16.5 Å². The Labute approximate surface area is 116 Å². The van der Waals surface area contributed by atoms with Crippen LogP contribution in [0.1, 0.15) is 28.7 Å². The van der Waals surface area contributed by atoms with Gasteiger partial charge >= 0.3 is 5.97 Å². The normalized spacial score (nSPS) is 11.2. The van der Waals surface area contributed by atoms with Gasteiger partial charge < -0.3 is 9.72 Å². The summed E-state index contributed by atoms with van der Waals surface area (Å²) in [5.41, 5.74) is 4.41. The summed E-state index contributed by atoms with van der Waals surface area (Å²) in [4.78, 5) is 19.6. The Bertz CT molecular complexity index is 818. The van der Waals surface area contributed by atoms with Gasteiger partial charge in [-0.25, -0.2) is 9.78 Å². The van der Waals surface area contributed by atoms with Crippen molar-refractivity contribution in [1.29, 1.82) is 0 Å². The first kappa shape index (κ1) is 12.7. The zero-order chi connectivity index (χ0) is 14.3. The number of esters is 1. The molecule has 0 atom stereocenters. The van der Waals surface area contributed by atoms with Crippen molar-refractivity contribution in [3.05, 3.63) is 41.2 Å². The van der Waals surface area contributed by atoms with Gasteiger partial charge in [0.05, 0.1) is 17.6 Å². The van der Waals surface area contributed by atoms with Crippen LogP contribution >= 0.6 is 0 Å². The minimum atomic E-state index is -0.374. The number of benzene rings is 1. The molecule has 0 amide bonds. The van der Waals surface area contributed by atoms with Crippen molar-refractivity contribution in [2.24, 2.45) is 0 Å². The highest BCUT2D eigenvalue weighted by Gasteiger charge is 2.14. The van der Waals surface area contributed by atoms with E-state index in [0.29, 0.717) is 12.3 Å². The molecule has 1 N–H and O–H groups in total. The molecule has 3 rings (SSSR count). The van der Waals surface area contributed by atoms with Crippen LogP contribution in [0.4, 0.5) is 0 Å². The third-order valence-corrected chi connectivity index (χ3v) is 3.40. The van der Waals surface area contributed by atoms with E-state index in [2.05, 4.69) is 29.0 Å². The Morgan fingerprint density at radius 3 is 2.85 bits per heavy atom. The maximum absolute atomic E-state index is 11.8. The molecule has 3 aromatic rings. The summed E-state index contributed by atoms with van der Waals surface area (Å²) in [5.74, 6) is -0.374. The third-order valence-electron chi connectivity index (χ3n) is 3.40. The molecule has 1 aromatic carbocycles. The number of nitrogens with zero attached hydrogens (tertiary/aromatic N) is 1. The molecule has 0 saturated carbocycles. The minimum Gasteiger partial charge on any atom is -0.461 e. The molecule has 102 valence electrons. The molecule has 0 radical (unpaired) electrons. The van der Waals surface area contributed by atoms with E-state index in [1.807, 2.05) is 13.0 Å². The van der Waals surface area contributed by atoms with E-state index in [0.717, 1.165) is 27.5 Å². The molecule has 2 aromatic heterocycles. The molecule has 20 heavy (non-hydrogen) atoms. The van der Waals surface area contributed by atoms with Gasteiger partial charge in [-0.1, -0.05) is 12.1 Å². The number of aromatic amines is 1. The number of carbonyl (C=O) groups excluding carboxylic acids is 1. The van der Waals surface area contributed by atoms with Crippen LogP contribution in [0, 0.1) is 13.8 Å². The molecule has 4 heteroatoms. The lowest BCUT2D eigenvalue weighted by Crippen LogP contribution is -2.04. The van der Waals surface area contributed by atoms with Crippen molar-refractivity contribution < 1.29 is 9.53 Å². The summed E-state index contributed by atoms with van der Waals surface area (Å²) in [7, 11) is 0. The number of rotatable bonds is 2. The van der Waals surface area contributed by atoms with Gasteiger partial charge in [0.15, 0.2) is 0 Å². The van der Waals surface area contributed by atoms with Crippen LogP contribution in [0.2, 0.25) is 0 Å². The quantitative estimate of drug-likeness (QED) is 0.723. The average molecular weight is 268 g/mol. The number of ether oxygens (including phenoxy) is 1. The Kier molecular flexibility index (Phi) is 2.93. The molecule has 0 unspecified atom stereocenters. The second-order valence-corrected chi connectivity index (χ2v) is 4.92. The minimum absolute atomic E-state index is 0.354. The van der Waals surface area contributed by atoms with Crippen molar-refractivity contribution in [2.75, 3.05) is 6.61 Å². The Morgan fingerprint density at radius 1 is 1.30 bits per heavy atom. The monoisotopic (exact) mass is 268 g/mol. The summed E-state index contributed by atoms with van der Waals surface area (Å²) in [5, 5.41) is 2.07. The van der Waals surface area contributed by atoms with E-state index in [1.54, 1.807) is 13.0 Å². The second kappa shape index (κ2) is 4.63. The van der Waals surface area contributed by atoms with Crippen molar-refractivity contribution in [1.82, 2.24) is 9.97 Å². The molecule has 2 heterocycles. The maximum Gasteiger partial charge on any atom is 0.356 e. The Morgan fingerprint density at radius 2 is 2.10 bits per heavy atom. The number of carbonyl (C=O) groups is 1. The smallest absolute Gasteiger partial charge is 0.356 e. The number of hydrogen-bond donors (Lipinski definition) is 1. The first-order valence-corrected chi connectivity index (χ1v) is 6.67. The molecule has 0 aliphatic carbocycles. The lowest BCUT2D eigenvalue weighted by atomic mass is 10.1. The standard InChI is InChI=1S/C16H16N2O2/c1-4-20-16(19)13-8-11-5-6-12-9(2)7-10(3)17-15(12)14(11)18-13/h5-8,17H,4H2,1-3H3. The maximum atomic E-state index is 11.8. The predicted molar refractivity (Wildman–Crippen MR) is 79.0 cm³/mol. The average Bonchev–Trinajstić information content (AvgIpc) is 2.83. The molecule has 0 fully saturated rings. The van der Waals surface area contributed by atoms with Gasteiger partial charge in [0.2, 0.25) is 0 Å². The van der Waals surface area contributed by atoms with E-state index >= 15 is 0 Å². The number of aromatic nitrogens is 2. The fourth-order valence-corrected chi connectivity index (χ4v) is 2.54. The number of H-pyrrole nitrogens is 1. The fourth-order valence-electron chi connectivity index (χ4n) is 2.54. The lowest BCUT2D eigenvalue weighted by Gasteiger charge is -2.05. The van der Waals surface area contributed by atoms with Crippen LogP contribution in [0.5, 0.6) is 0 Å². The van der Waals surface area contributed by atoms with Gasteiger partial charge in [0.1, 0.15) is 5.69 Å². The summed E-state index contributed by atoms with van der Waals surface area (Å²) >= 11 is 0. The van der Waals surface area contributed by atoms with E-state index < -0.39 is 0 Å². The number of nitrogens with one attached hydrogen (secondary N) is 1. The van der Waals surface area contributed by atoms with Gasteiger partial charge in [-0.15, -0.1) is 0 Å². The zero-order valence-electron chi connectivity index (χ0n) is 11.8. The zero-order valence-corrected chi connectivity index (χ0v) is 11.8. The number of fused-ring (bicyclic) bond motifs is 3. The SMILES string of the molecule is CCOC(=O)c1cc2ccc3c(C)cc(C)[nH]c3c2n1. The highest BCUT2D eigenvalue weighted by molar-refractivity contribution is 6.07. The Balaban J connectivity index is 2.28. The van der Waals surface area contributed by atoms with Gasteiger partial charge in [-0.3, -0.25) is 0 Å². The van der Waals surface area contributed by atoms with Crippen LogP contribution in [0.15, 0.2) is 24.3 Å². The van der Waals surface area contributed by atoms with Crippen molar-refractivity contribution in [3.8, 4) is 0 Å². The summed E-state index contributed by atoms with van der Waals surface area (Å²) in [6.45, 7) is 6.23. The molecule has 0 bridgehead atoms. The van der Waals surface area contributed by atoms with Crippen LogP contribution in [0.25, 0.3) is 21.8 Å². The van der Waals surface area contributed by atoms with E-state index in [-0.39, 0.29) is 5.97 Å². The van der Waals surface area contributed by atoms with Gasteiger partial charge in [0.25, 0.3) is 0 Å². The summed E-state index contributed by atoms with van der Waals surface area (Å²) in [6.07, 6.45) is 0. The van der Waals surface area contributed by atoms with Crippen LogP contribution < -0.4 is 0 Å². The first-order valence-electron chi connectivity index (χ1n) is 6.67. The van der Waals surface area contributed by atoms with E-state index in [1.165, 1.54) is 5.56 Å². The second-order valence-electron chi connectivity index (χ2n) is 4.92. The van der Waals surface area contributed by atoms with Crippen LogP contribution in [0.3, 0.4) is 0 Å². The fraction of sp³-hybridized carbons (Fsp3) is 0.250. The highest BCUT2D eigenvalue weighted by Crippen LogP contribution is 2.27. The van der Waals surface area contributed by atoms with Gasteiger partial charge in [-0.05, 0) is 38.5 Å².